The number of hydrogen-bond acceptors (Lipinski definition) is 1. The largest absolute Gasteiger partial charge is 0.508 e. The Labute approximate surface area is 108 Å². The standard InChI is InChI=1S/C9H18.C5H6O.C2H6/c1-4-8-6-7(3)9(8)5-2;6-5-3-1-2-4-5;1-2/h7-9H,4-6H2,1-3H3;1,3-4,6H,2H2;1-2H3. The molecule has 1 saturated carbocycles. The van der Waals surface area contributed by atoms with Gasteiger partial charge >= 0.3 is 0 Å². The van der Waals surface area contributed by atoms with E-state index < -0.39 is 0 Å². The van der Waals surface area contributed by atoms with E-state index in [0.29, 0.717) is 5.76 Å². The summed E-state index contributed by atoms with van der Waals surface area (Å²) in [5.41, 5.74) is 0. The molecule has 0 aromatic carbocycles. The highest BCUT2D eigenvalue weighted by molar-refractivity contribution is 5.18. The molecule has 0 radical (unpaired) electrons. The average Bonchev–Trinajstić information content (AvgIpc) is 2.81. The van der Waals surface area contributed by atoms with E-state index in [-0.39, 0.29) is 0 Å². The monoisotopic (exact) mass is 238 g/mol. The Balaban J connectivity index is 0.000000278. The smallest absolute Gasteiger partial charge is 0.111 e. The van der Waals surface area contributed by atoms with Crippen LogP contribution in [-0.4, -0.2) is 5.11 Å². The zero-order chi connectivity index (χ0) is 13.3. The van der Waals surface area contributed by atoms with Gasteiger partial charge in [0.1, 0.15) is 5.76 Å². The van der Waals surface area contributed by atoms with Crippen molar-refractivity contribution >= 4 is 0 Å². The van der Waals surface area contributed by atoms with E-state index in [1.54, 1.807) is 12.2 Å². The number of aliphatic hydroxyl groups excluding tert-OH is 1. The van der Waals surface area contributed by atoms with Gasteiger partial charge in [0, 0.05) is 0 Å². The molecule has 0 spiro atoms. The zero-order valence-electron chi connectivity index (χ0n) is 12.2. The van der Waals surface area contributed by atoms with Crippen molar-refractivity contribution in [3.8, 4) is 0 Å². The van der Waals surface area contributed by atoms with E-state index >= 15 is 0 Å². The van der Waals surface area contributed by atoms with Crippen LogP contribution in [0.25, 0.3) is 0 Å². The summed E-state index contributed by atoms with van der Waals surface area (Å²) in [5.74, 6) is 3.56. The molecule has 2 aliphatic carbocycles. The third kappa shape index (κ3) is 5.43. The van der Waals surface area contributed by atoms with Gasteiger partial charge in [0.2, 0.25) is 0 Å². The zero-order valence-corrected chi connectivity index (χ0v) is 12.2. The topological polar surface area (TPSA) is 20.2 Å². The molecular weight excluding hydrogens is 208 g/mol. The lowest BCUT2D eigenvalue weighted by molar-refractivity contribution is 0.0787. The van der Waals surface area contributed by atoms with Crippen LogP contribution in [0, 0.1) is 17.8 Å². The second-order valence-electron chi connectivity index (χ2n) is 4.72. The van der Waals surface area contributed by atoms with Gasteiger partial charge in [-0.2, -0.15) is 0 Å². The molecule has 100 valence electrons. The SMILES string of the molecule is CC.CCC1CC(C)C1CC.OC1=CCC=C1. The van der Waals surface area contributed by atoms with Crippen molar-refractivity contribution < 1.29 is 5.11 Å². The number of rotatable bonds is 2. The van der Waals surface area contributed by atoms with Gasteiger partial charge in [-0.3, -0.25) is 0 Å². The van der Waals surface area contributed by atoms with Gasteiger partial charge in [-0.05, 0) is 42.7 Å². The molecule has 1 heteroatoms. The van der Waals surface area contributed by atoms with Gasteiger partial charge in [0.25, 0.3) is 0 Å². The van der Waals surface area contributed by atoms with Crippen molar-refractivity contribution in [2.24, 2.45) is 17.8 Å². The minimum atomic E-state index is 0.398. The van der Waals surface area contributed by atoms with E-state index in [2.05, 4.69) is 20.8 Å². The van der Waals surface area contributed by atoms with Crippen molar-refractivity contribution in [2.45, 2.75) is 60.3 Å². The summed E-state index contributed by atoms with van der Waals surface area (Å²) in [6, 6.07) is 0. The number of hydrogen-bond donors (Lipinski definition) is 1. The Morgan fingerprint density at radius 1 is 1.24 bits per heavy atom. The normalized spacial score (nSPS) is 29.2. The maximum atomic E-state index is 8.50. The maximum absolute atomic E-state index is 8.50. The van der Waals surface area contributed by atoms with Gasteiger partial charge in [-0.1, -0.05) is 53.5 Å². The van der Waals surface area contributed by atoms with Crippen molar-refractivity contribution in [1.29, 1.82) is 0 Å². The molecule has 0 heterocycles. The summed E-state index contributed by atoms with van der Waals surface area (Å²) < 4.78 is 0. The Morgan fingerprint density at radius 2 is 1.88 bits per heavy atom. The fraction of sp³-hybridized carbons (Fsp3) is 0.750. The van der Waals surface area contributed by atoms with Crippen LogP contribution in [0.5, 0.6) is 0 Å². The predicted molar refractivity (Wildman–Crippen MR) is 77.2 cm³/mol. The Morgan fingerprint density at radius 3 is 2.06 bits per heavy atom. The van der Waals surface area contributed by atoms with E-state index in [0.717, 1.165) is 24.2 Å². The lowest BCUT2D eigenvalue weighted by atomic mass is 9.63. The summed E-state index contributed by atoms with van der Waals surface area (Å²) in [6.45, 7) is 11.0. The van der Waals surface area contributed by atoms with Crippen LogP contribution in [0.1, 0.15) is 60.3 Å². The first-order chi connectivity index (χ1) is 8.19. The number of allylic oxidation sites excluding steroid dienone is 3. The molecule has 3 atom stereocenters. The van der Waals surface area contributed by atoms with Crippen LogP contribution in [0.15, 0.2) is 24.0 Å². The molecule has 0 aromatic heterocycles. The van der Waals surface area contributed by atoms with Gasteiger partial charge in [0.05, 0.1) is 0 Å². The molecule has 0 aromatic rings. The lowest BCUT2D eigenvalue weighted by Crippen LogP contribution is -2.33. The molecule has 0 bridgehead atoms. The van der Waals surface area contributed by atoms with Gasteiger partial charge < -0.3 is 5.11 Å². The van der Waals surface area contributed by atoms with Crippen molar-refractivity contribution in [1.82, 2.24) is 0 Å². The number of aliphatic hydroxyl groups is 1. The minimum Gasteiger partial charge on any atom is -0.508 e. The predicted octanol–water partition coefficient (Wildman–Crippen LogP) is 5.49. The molecule has 17 heavy (non-hydrogen) atoms. The highest BCUT2D eigenvalue weighted by Gasteiger charge is 2.34. The quantitative estimate of drug-likeness (QED) is 0.674. The van der Waals surface area contributed by atoms with E-state index in [9.17, 15) is 0 Å². The van der Waals surface area contributed by atoms with Crippen molar-refractivity contribution in [2.75, 3.05) is 0 Å². The van der Waals surface area contributed by atoms with Crippen LogP contribution in [0.2, 0.25) is 0 Å². The van der Waals surface area contributed by atoms with Crippen LogP contribution in [0.3, 0.4) is 0 Å². The fourth-order valence-corrected chi connectivity index (χ4v) is 2.75. The second-order valence-corrected chi connectivity index (χ2v) is 4.72. The summed E-state index contributed by atoms with van der Waals surface area (Å²) in [6.07, 6.45) is 10.6. The Kier molecular flexibility index (Phi) is 8.93. The van der Waals surface area contributed by atoms with Gasteiger partial charge in [-0.15, -0.1) is 0 Å². The van der Waals surface area contributed by atoms with Crippen molar-refractivity contribution in [3.63, 3.8) is 0 Å². The average molecular weight is 238 g/mol. The molecule has 0 aliphatic heterocycles. The molecular formula is C16H30O. The first kappa shape index (κ1) is 16.3. The van der Waals surface area contributed by atoms with Crippen LogP contribution >= 0.6 is 0 Å². The molecule has 0 saturated heterocycles. The first-order valence-corrected chi connectivity index (χ1v) is 7.24. The van der Waals surface area contributed by atoms with E-state index in [1.165, 1.54) is 19.3 Å². The fourth-order valence-electron chi connectivity index (χ4n) is 2.75. The van der Waals surface area contributed by atoms with Gasteiger partial charge in [-0.25, -0.2) is 0 Å². The molecule has 1 nitrogen and oxygen atoms in total. The Bertz CT molecular complexity index is 237. The molecule has 3 unspecified atom stereocenters. The highest BCUT2D eigenvalue weighted by atomic mass is 16.3. The lowest BCUT2D eigenvalue weighted by Gasteiger charge is -2.42. The molecule has 1 fully saturated rings. The molecule has 1 N–H and O–H groups in total. The first-order valence-electron chi connectivity index (χ1n) is 7.24. The maximum Gasteiger partial charge on any atom is 0.111 e. The molecule has 0 amide bonds. The Hall–Kier alpha value is -0.720. The third-order valence-electron chi connectivity index (χ3n) is 3.76. The highest BCUT2D eigenvalue weighted by Crippen LogP contribution is 2.43. The third-order valence-corrected chi connectivity index (χ3v) is 3.76. The summed E-state index contributed by atoms with van der Waals surface area (Å²) in [5, 5.41) is 8.50. The summed E-state index contributed by atoms with van der Waals surface area (Å²) >= 11 is 0. The van der Waals surface area contributed by atoms with Gasteiger partial charge in [0.15, 0.2) is 0 Å². The van der Waals surface area contributed by atoms with Crippen LogP contribution < -0.4 is 0 Å². The molecule has 2 rings (SSSR count). The summed E-state index contributed by atoms with van der Waals surface area (Å²) in [7, 11) is 0. The van der Waals surface area contributed by atoms with E-state index in [1.807, 2.05) is 19.9 Å². The minimum absolute atomic E-state index is 0.398. The van der Waals surface area contributed by atoms with Crippen LogP contribution in [0.4, 0.5) is 0 Å². The summed E-state index contributed by atoms with van der Waals surface area (Å²) in [4.78, 5) is 0. The van der Waals surface area contributed by atoms with Crippen LogP contribution in [-0.2, 0) is 0 Å². The molecule has 2 aliphatic rings. The van der Waals surface area contributed by atoms with E-state index in [4.69, 9.17) is 5.11 Å². The second kappa shape index (κ2) is 9.32. The van der Waals surface area contributed by atoms with Crippen molar-refractivity contribution in [3.05, 3.63) is 24.0 Å².